The monoisotopic (exact) mass is 232 g/mol. The average molecular weight is 232 g/mol. The molecule has 2 N–H and O–H groups in total. The highest BCUT2D eigenvalue weighted by Crippen LogP contribution is 2.30. The molecule has 2 rings (SSSR count). The van der Waals surface area contributed by atoms with E-state index in [1.165, 1.54) is 37.1 Å². The molecule has 1 aliphatic rings. The van der Waals surface area contributed by atoms with Crippen molar-refractivity contribution in [2.45, 2.75) is 39.3 Å². The van der Waals surface area contributed by atoms with Gasteiger partial charge in [0.15, 0.2) is 0 Å². The van der Waals surface area contributed by atoms with E-state index in [1.54, 1.807) is 0 Å². The Bertz CT molecular complexity index is 338. The van der Waals surface area contributed by atoms with Gasteiger partial charge >= 0.3 is 0 Å². The zero-order valence-corrected chi connectivity index (χ0v) is 11.0. The van der Waals surface area contributed by atoms with Crippen LogP contribution in [0.3, 0.4) is 0 Å². The van der Waals surface area contributed by atoms with Crippen molar-refractivity contribution in [3.8, 4) is 0 Å². The zero-order valence-electron chi connectivity index (χ0n) is 11.0. The second kappa shape index (κ2) is 5.65. The first-order valence-electron chi connectivity index (χ1n) is 6.77. The van der Waals surface area contributed by atoms with Crippen molar-refractivity contribution in [3.63, 3.8) is 0 Å². The van der Waals surface area contributed by atoms with Gasteiger partial charge in [0, 0.05) is 25.7 Å². The van der Waals surface area contributed by atoms with Gasteiger partial charge < -0.3 is 5.73 Å². The Balaban J connectivity index is 1.89. The lowest BCUT2D eigenvalue weighted by molar-refractivity contribution is 0.0545. The van der Waals surface area contributed by atoms with Gasteiger partial charge in [0.1, 0.15) is 0 Å². The van der Waals surface area contributed by atoms with Crippen LogP contribution in [0.2, 0.25) is 0 Å². The fourth-order valence-corrected chi connectivity index (χ4v) is 2.66. The molecular formula is C15H24N2. The molecule has 0 aromatic heterocycles. The second-order valence-corrected chi connectivity index (χ2v) is 5.23. The maximum Gasteiger partial charge on any atom is 0.0320 e. The summed E-state index contributed by atoms with van der Waals surface area (Å²) >= 11 is 0. The number of nitrogens with two attached hydrogens (primary N) is 1. The van der Waals surface area contributed by atoms with E-state index in [-0.39, 0.29) is 0 Å². The lowest BCUT2D eigenvalue weighted by Crippen LogP contribution is -2.47. The fourth-order valence-electron chi connectivity index (χ4n) is 2.66. The molecular weight excluding hydrogens is 208 g/mol. The third-order valence-electron chi connectivity index (χ3n) is 3.93. The summed E-state index contributed by atoms with van der Waals surface area (Å²) in [5.74, 6) is 0.936. The highest BCUT2D eigenvalue weighted by atomic mass is 15.2. The maximum absolute atomic E-state index is 5.61. The molecule has 1 aliphatic heterocycles. The summed E-state index contributed by atoms with van der Waals surface area (Å²) in [6, 6.07) is 9.29. The Labute approximate surface area is 105 Å². The van der Waals surface area contributed by atoms with Gasteiger partial charge in [-0.05, 0) is 30.4 Å². The Morgan fingerprint density at radius 2 is 1.94 bits per heavy atom. The van der Waals surface area contributed by atoms with Crippen molar-refractivity contribution in [1.82, 2.24) is 4.90 Å². The van der Waals surface area contributed by atoms with Crippen LogP contribution in [-0.4, -0.2) is 18.0 Å². The molecule has 1 atom stereocenters. The topological polar surface area (TPSA) is 29.3 Å². The number of nitrogens with zero attached hydrogens (tertiary/aromatic N) is 1. The minimum Gasteiger partial charge on any atom is -0.326 e. The Morgan fingerprint density at radius 1 is 1.29 bits per heavy atom. The minimum absolute atomic E-state index is 0.551. The number of likely N-dealkylation sites (tertiary alicyclic amines) is 1. The lowest BCUT2D eigenvalue weighted by Gasteiger charge is -2.43. The molecule has 0 radical (unpaired) electrons. The van der Waals surface area contributed by atoms with Crippen molar-refractivity contribution in [1.29, 1.82) is 0 Å². The lowest BCUT2D eigenvalue weighted by atomic mass is 9.91. The smallest absolute Gasteiger partial charge is 0.0320 e. The first-order chi connectivity index (χ1) is 8.24. The van der Waals surface area contributed by atoms with Crippen LogP contribution in [0.25, 0.3) is 0 Å². The molecule has 0 bridgehead atoms. The van der Waals surface area contributed by atoms with E-state index in [0.717, 1.165) is 5.92 Å². The number of hydrogen-bond acceptors (Lipinski definition) is 2. The van der Waals surface area contributed by atoms with Crippen molar-refractivity contribution in [2.75, 3.05) is 13.1 Å². The van der Waals surface area contributed by atoms with Crippen LogP contribution in [0, 0.1) is 5.92 Å². The molecule has 1 aromatic rings. The molecule has 0 aliphatic carbocycles. The Morgan fingerprint density at radius 3 is 2.47 bits per heavy atom. The summed E-state index contributed by atoms with van der Waals surface area (Å²) < 4.78 is 0. The Hall–Kier alpha value is -0.860. The zero-order chi connectivity index (χ0) is 12.3. The van der Waals surface area contributed by atoms with Gasteiger partial charge in [-0.3, -0.25) is 4.90 Å². The highest BCUT2D eigenvalue weighted by molar-refractivity contribution is 5.25. The molecule has 1 aromatic carbocycles. The largest absolute Gasteiger partial charge is 0.326 e. The van der Waals surface area contributed by atoms with E-state index in [2.05, 4.69) is 43.0 Å². The van der Waals surface area contributed by atoms with Crippen LogP contribution in [0.1, 0.15) is 43.9 Å². The van der Waals surface area contributed by atoms with Gasteiger partial charge in [-0.2, -0.15) is 0 Å². The molecule has 2 nitrogen and oxygen atoms in total. The van der Waals surface area contributed by atoms with Crippen LogP contribution >= 0.6 is 0 Å². The van der Waals surface area contributed by atoms with Crippen LogP contribution in [0.15, 0.2) is 24.3 Å². The minimum atomic E-state index is 0.551. The molecule has 1 heterocycles. The fraction of sp³-hybridized carbons (Fsp3) is 0.600. The summed E-state index contributed by atoms with van der Waals surface area (Å²) in [4.78, 5) is 2.57. The summed E-state index contributed by atoms with van der Waals surface area (Å²) in [5.41, 5.74) is 8.24. The van der Waals surface area contributed by atoms with Crippen molar-refractivity contribution in [2.24, 2.45) is 11.7 Å². The van der Waals surface area contributed by atoms with E-state index in [1.807, 2.05) is 0 Å². The molecule has 0 spiro atoms. The molecule has 94 valence electrons. The summed E-state index contributed by atoms with van der Waals surface area (Å²) in [5, 5.41) is 0. The third-order valence-corrected chi connectivity index (χ3v) is 3.93. The molecule has 1 fully saturated rings. The van der Waals surface area contributed by atoms with Crippen molar-refractivity contribution in [3.05, 3.63) is 35.4 Å². The van der Waals surface area contributed by atoms with E-state index >= 15 is 0 Å². The van der Waals surface area contributed by atoms with Gasteiger partial charge in [0.2, 0.25) is 0 Å². The summed E-state index contributed by atoms with van der Waals surface area (Å²) in [6.07, 6.45) is 2.70. The number of hydrogen-bond donors (Lipinski definition) is 1. The molecule has 0 amide bonds. The van der Waals surface area contributed by atoms with E-state index in [4.69, 9.17) is 5.73 Å². The van der Waals surface area contributed by atoms with Gasteiger partial charge in [-0.25, -0.2) is 0 Å². The van der Waals surface area contributed by atoms with Crippen LogP contribution in [0.4, 0.5) is 0 Å². The van der Waals surface area contributed by atoms with E-state index in [9.17, 15) is 0 Å². The quantitative estimate of drug-likeness (QED) is 0.845. The number of rotatable bonds is 5. The average Bonchev–Trinajstić information content (AvgIpc) is 2.32. The van der Waals surface area contributed by atoms with Gasteiger partial charge in [0.05, 0.1) is 0 Å². The molecule has 1 saturated heterocycles. The first kappa shape index (κ1) is 12.6. The van der Waals surface area contributed by atoms with E-state index in [0.29, 0.717) is 12.6 Å². The van der Waals surface area contributed by atoms with Crippen molar-refractivity contribution >= 4 is 0 Å². The molecule has 17 heavy (non-hydrogen) atoms. The van der Waals surface area contributed by atoms with Crippen LogP contribution in [0.5, 0.6) is 0 Å². The highest BCUT2D eigenvalue weighted by Gasteiger charge is 2.29. The van der Waals surface area contributed by atoms with Gasteiger partial charge in [0.25, 0.3) is 0 Å². The summed E-state index contributed by atoms with van der Waals surface area (Å²) in [7, 11) is 0. The normalized spacial score (nSPS) is 19.0. The third kappa shape index (κ3) is 2.88. The SMILES string of the molecule is CCCC1CN(C(C)c2ccc(CN)cc2)C1. The van der Waals surface area contributed by atoms with Gasteiger partial charge in [-0.15, -0.1) is 0 Å². The van der Waals surface area contributed by atoms with Crippen LogP contribution < -0.4 is 5.73 Å². The second-order valence-electron chi connectivity index (χ2n) is 5.23. The maximum atomic E-state index is 5.61. The van der Waals surface area contributed by atoms with Crippen molar-refractivity contribution < 1.29 is 0 Å². The predicted octanol–water partition coefficient (Wildman–Crippen LogP) is 2.94. The standard InChI is InChI=1S/C15H24N2/c1-3-4-14-10-17(11-14)12(2)15-7-5-13(9-16)6-8-15/h5-8,12,14H,3-4,9-11,16H2,1-2H3. The Kier molecular flexibility index (Phi) is 4.19. The predicted molar refractivity (Wildman–Crippen MR) is 72.7 cm³/mol. The summed E-state index contributed by atoms with van der Waals surface area (Å²) in [6.45, 7) is 7.76. The molecule has 2 heteroatoms. The van der Waals surface area contributed by atoms with Gasteiger partial charge in [-0.1, -0.05) is 37.6 Å². The first-order valence-corrected chi connectivity index (χ1v) is 6.77. The van der Waals surface area contributed by atoms with E-state index < -0.39 is 0 Å². The van der Waals surface area contributed by atoms with Crippen LogP contribution in [-0.2, 0) is 6.54 Å². The number of benzene rings is 1. The molecule has 1 unspecified atom stereocenters. The molecule has 0 saturated carbocycles.